The summed E-state index contributed by atoms with van der Waals surface area (Å²) in [7, 11) is 5.14. The number of rotatable bonds is 9. The molecular formula is C51H72N6O12. The van der Waals surface area contributed by atoms with Crippen LogP contribution >= 0.6 is 0 Å². The summed E-state index contributed by atoms with van der Waals surface area (Å²) in [5.41, 5.74) is -0.412. The van der Waals surface area contributed by atoms with E-state index in [1.807, 2.05) is 19.0 Å². The fourth-order valence-electron chi connectivity index (χ4n) is 9.89. The number of nitrogens with one attached hydrogen (secondary N) is 3. The molecule has 1 spiro atoms. The molecule has 0 unspecified atom stereocenters. The molecular weight excluding hydrogens is 889 g/mol. The molecule has 4 heterocycles. The third kappa shape index (κ3) is 11.0. The van der Waals surface area contributed by atoms with Crippen LogP contribution in [0.25, 0.3) is 0 Å². The number of carbonyl (C=O) groups is 5. The number of aliphatic hydroxyl groups is 2. The van der Waals surface area contributed by atoms with Crippen molar-refractivity contribution in [3.8, 4) is 11.5 Å². The Morgan fingerprint density at radius 2 is 1.67 bits per heavy atom. The normalized spacial score (nSPS) is 31.3. The molecule has 1 aliphatic carbocycles. The first-order valence-electron chi connectivity index (χ1n) is 24.0. The standard InChI is InChI=1S/C51H72N6O12/c1-26(2)25-57-20-17-51(18-21-57)54-39-36-37-44(62)32(8)47-38(36)48(64)50(9,69-47)67-23-16-33(66-12)29(5)46(68-35(59)24-34(58)52-19-22-56(10)11)31(7)43(61)30(6)42(60)27(3)14-13-15-28(4)49(65)53-41(45(37)63)40(39)55-51/h13-16,23,26-27,29-31,33,42-43,46,55,60-62H,17-22,24-25H2,1-12H3,(H,52,58)(H,53,65)/b14-13+,23-16+,28-15-/t27-,29+,30+,31+,33-,42-,43+,46+,50-/m0/s1. The SMILES string of the molecule is CO[C@H]1/C=C/O[C@@]2(C)Oc3c(C)c(O)c4c(c3C2=O)C2=NC3(CCN(CC(C)C)CC3)NC2=C(NC(=O)/C(C)=C\C=C\[C@H](C)[C@H](O)[C@@H](C)[C@@H](O)[C@@H](C)[C@H](OC(=O)CC(=O)NCCN(C)C)[C@@H]1C)C4=O. The third-order valence-electron chi connectivity index (χ3n) is 14.1. The molecule has 0 radical (unpaired) electrons. The number of likely N-dealkylation sites (tertiary alicyclic amines) is 1. The van der Waals surface area contributed by atoms with E-state index >= 15 is 0 Å². The molecule has 69 heavy (non-hydrogen) atoms. The number of benzene rings is 1. The third-order valence-corrected chi connectivity index (χ3v) is 14.1. The summed E-state index contributed by atoms with van der Waals surface area (Å²) in [5, 5.41) is 44.3. The highest BCUT2D eigenvalue weighted by Gasteiger charge is 2.54. The number of ether oxygens (including phenoxy) is 4. The Bertz CT molecular complexity index is 2340. The number of esters is 1. The first-order valence-corrected chi connectivity index (χ1v) is 24.0. The number of Topliss-reactive ketones (excluding diaryl/α,β-unsaturated/α-hetero) is 2. The summed E-state index contributed by atoms with van der Waals surface area (Å²) in [6.07, 6.45) is 3.78. The van der Waals surface area contributed by atoms with Crippen molar-refractivity contribution < 1.29 is 58.2 Å². The highest BCUT2D eigenvalue weighted by molar-refractivity contribution is 6.34. The van der Waals surface area contributed by atoms with Crippen LogP contribution in [-0.4, -0.2) is 150 Å². The molecule has 6 rings (SSSR count). The van der Waals surface area contributed by atoms with Crippen LogP contribution in [0.3, 0.4) is 0 Å². The minimum atomic E-state index is -2.03. The summed E-state index contributed by atoms with van der Waals surface area (Å²) in [4.78, 5) is 79.3. The number of phenols is 1. The van der Waals surface area contributed by atoms with Gasteiger partial charge in [-0.1, -0.05) is 59.8 Å². The van der Waals surface area contributed by atoms with Gasteiger partial charge in [0.15, 0.2) is 0 Å². The molecule has 1 aromatic carbocycles. The van der Waals surface area contributed by atoms with Crippen molar-refractivity contribution in [2.75, 3.05) is 53.9 Å². The molecule has 0 aromatic heterocycles. The number of aromatic hydroxyl groups is 1. The molecule has 5 aliphatic rings. The molecule has 4 aliphatic heterocycles. The van der Waals surface area contributed by atoms with Crippen LogP contribution in [0.4, 0.5) is 0 Å². The summed E-state index contributed by atoms with van der Waals surface area (Å²) in [5.74, 6) is -8.25. The number of hydrogen-bond acceptors (Lipinski definition) is 16. The van der Waals surface area contributed by atoms with E-state index in [4.69, 9.17) is 23.9 Å². The number of amides is 2. The van der Waals surface area contributed by atoms with E-state index in [0.717, 1.165) is 6.54 Å². The summed E-state index contributed by atoms with van der Waals surface area (Å²) in [6, 6.07) is 0. The second-order valence-corrected chi connectivity index (χ2v) is 20.2. The van der Waals surface area contributed by atoms with Crippen LogP contribution < -0.4 is 20.7 Å². The zero-order valence-corrected chi connectivity index (χ0v) is 42.1. The second kappa shape index (κ2) is 21.3. The topological polar surface area (TPSA) is 238 Å². The summed E-state index contributed by atoms with van der Waals surface area (Å²) >= 11 is 0. The fraction of sp³-hybridized carbons (Fsp3) is 0.608. The lowest BCUT2D eigenvalue weighted by molar-refractivity contribution is -0.164. The van der Waals surface area contributed by atoms with Gasteiger partial charge in [-0.25, -0.2) is 0 Å². The van der Waals surface area contributed by atoms with Crippen molar-refractivity contribution in [1.82, 2.24) is 25.8 Å². The van der Waals surface area contributed by atoms with Crippen LogP contribution in [0.2, 0.25) is 0 Å². The molecule has 6 N–H and O–H groups in total. The number of likely N-dealkylation sites (N-methyl/N-ethyl adjacent to an activating group) is 1. The van der Waals surface area contributed by atoms with Crippen molar-refractivity contribution in [2.45, 2.75) is 117 Å². The minimum absolute atomic E-state index is 0.000936. The van der Waals surface area contributed by atoms with Crippen LogP contribution in [0.15, 0.2) is 52.5 Å². The van der Waals surface area contributed by atoms with E-state index in [-0.39, 0.29) is 50.7 Å². The van der Waals surface area contributed by atoms with Crippen molar-refractivity contribution >= 4 is 35.1 Å². The van der Waals surface area contributed by atoms with Crippen LogP contribution in [0, 0.1) is 36.5 Å². The number of allylic oxidation sites excluding steroid dienone is 4. The van der Waals surface area contributed by atoms with Gasteiger partial charge in [-0.2, -0.15) is 0 Å². The molecule has 5 bridgehead atoms. The Labute approximate surface area is 405 Å². The van der Waals surface area contributed by atoms with Crippen LogP contribution in [0.1, 0.15) is 106 Å². The molecule has 1 fully saturated rings. The Balaban J connectivity index is 1.43. The zero-order chi connectivity index (χ0) is 50.9. The monoisotopic (exact) mass is 961 g/mol. The molecule has 2 amide bonds. The Kier molecular flexibility index (Phi) is 16.3. The molecule has 9 atom stereocenters. The number of aliphatic imine (C=N–C) groups is 1. The number of methoxy groups -OCH3 is 1. The van der Waals surface area contributed by atoms with Gasteiger partial charge in [0.25, 0.3) is 11.7 Å². The summed E-state index contributed by atoms with van der Waals surface area (Å²) in [6.45, 7) is 18.8. The van der Waals surface area contributed by atoms with Gasteiger partial charge in [-0.3, -0.25) is 29.0 Å². The van der Waals surface area contributed by atoms with E-state index in [2.05, 4.69) is 34.7 Å². The first kappa shape index (κ1) is 53.0. The Morgan fingerprint density at radius 3 is 2.30 bits per heavy atom. The Hall–Kier alpha value is -5.40. The highest BCUT2D eigenvalue weighted by Crippen LogP contribution is 2.50. The largest absolute Gasteiger partial charge is 0.507 e. The number of fused-ring (bicyclic) bond motifs is 3. The average Bonchev–Trinajstić information content (AvgIpc) is 3.79. The maximum absolute atomic E-state index is 14.9. The second-order valence-electron chi connectivity index (χ2n) is 20.2. The minimum Gasteiger partial charge on any atom is -0.507 e. The van der Waals surface area contributed by atoms with Crippen molar-refractivity contribution in [2.24, 2.45) is 34.6 Å². The quantitative estimate of drug-likeness (QED) is 0.153. The van der Waals surface area contributed by atoms with E-state index in [9.17, 15) is 39.3 Å². The predicted octanol–water partition coefficient (Wildman–Crippen LogP) is 3.66. The Morgan fingerprint density at radius 1 is 0.986 bits per heavy atom. The first-order chi connectivity index (χ1) is 32.4. The number of aliphatic hydroxyl groups excluding tert-OH is 2. The van der Waals surface area contributed by atoms with E-state index in [1.165, 1.54) is 39.4 Å². The van der Waals surface area contributed by atoms with E-state index in [1.54, 1.807) is 46.8 Å². The lowest BCUT2D eigenvalue weighted by atomic mass is 9.78. The van der Waals surface area contributed by atoms with Gasteiger partial charge in [0.05, 0.1) is 47.1 Å². The average molecular weight is 961 g/mol. The number of piperidine rings is 1. The number of phenolic OH excluding ortho intramolecular Hbond substituents is 1. The van der Waals surface area contributed by atoms with Gasteiger partial charge in [0.1, 0.15) is 35.4 Å². The number of hydrogen-bond donors (Lipinski definition) is 6. The van der Waals surface area contributed by atoms with E-state index in [0.29, 0.717) is 44.9 Å². The van der Waals surface area contributed by atoms with Gasteiger partial charge in [-0.15, -0.1) is 0 Å². The van der Waals surface area contributed by atoms with Crippen molar-refractivity contribution in [1.29, 1.82) is 0 Å². The lowest BCUT2D eigenvalue weighted by Gasteiger charge is -2.38. The molecule has 1 saturated heterocycles. The van der Waals surface area contributed by atoms with E-state index < -0.39 is 101 Å². The van der Waals surface area contributed by atoms with Gasteiger partial charge in [0.2, 0.25) is 11.7 Å². The zero-order valence-electron chi connectivity index (χ0n) is 42.1. The smallest absolute Gasteiger partial charge is 0.315 e. The molecule has 18 heteroatoms. The highest BCUT2D eigenvalue weighted by atomic mass is 16.7. The maximum Gasteiger partial charge on any atom is 0.315 e. The fourth-order valence-corrected chi connectivity index (χ4v) is 9.89. The maximum atomic E-state index is 14.9. The van der Waals surface area contributed by atoms with Crippen molar-refractivity contribution in [3.05, 3.63) is 69.8 Å². The van der Waals surface area contributed by atoms with Gasteiger partial charge in [0, 0.05) is 100.0 Å². The molecule has 18 nitrogen and oxygen atoms in total. The molecule has 1 aromatic rings. The van der Waals surface area contributed by atoms with Gasteiger partial charge in [-0.05, 0) is 39.9 Å². The summed E-state index contributed by atoms with van der Waals surface area (Å²) < 4.78 is 24.3. The lowest BCUT2D eigenvalue weighted by Crippen LogP contribution is -2.50. The molecule has 0 saturated carbocycles. The number of ketones is 2. The van der Waals surface area contributed by atoms with Crippen LogP contribution in [-0.2, 0) is 28.6 Å². The van der Waals surface area contributed by atoms with Crippen molar-refractivity contribution in [3.63, 3.8) is 0 Å². The van der Waals surface area contributed by atoms with Crippen LogP contribution in [0.5, 0.6) is 11.5 Å². The number of carbonyl (C=O) groups excluding carboxylic acids is 5. The van der Waals surface area contributed by atoms with Gasteiger partial charge >= 0.3 is 11.8 Å². The molecule has 378 valence electrons. The van der Waals surface area contributed by atoms with Gasteiger partial charge < -0.3 is 60.0 Å². The number of nitrogens with zero attached hydrogens (tertiary/aromatic N) is 3. The predicted molar refractivity (Wildman–Crippen MR) is 257 cm³/mol.